The van der Waals surface area contributed by atoms with Gasteiger partial charge in [0, 0.05) is 11.5 Å². The molecule has 5 nitrogen and oxygen atoms in total. The summed E-state index contributed by atoms with van der Waals surface area (Å²) in [5.74, 6) is 0.559. The van der Waals surface area contributed by atoms with Crippen LogP contribution in [0.2, 0.25) is 0 Å². The van der Waals surface area contributed by atoms with Gasteiger partial charge in [0.25, 0.3) is 0 Å². The Morgan fingerprint density at radius 1 is 1.24 bits per heavy atom. The smallest absolute Gasteiger partial charge is 0.350 e. The first-order valence-corrected chi connectivity index (χ1v) is 6.64. The van der Waals surface area contributed by atoms with Crippen molar-refractivity contribution in [2.24, 2.45) is 0 Å². The second-order valence-corrected chi connectivity index (χ2v) is 6.02. The van der Waals surface area contributed by atoms with Crippen LogP contribution in [0, 0.1) is 6.92 Å². The maximum absolute atomic E-state index is 12.1. The van der Waals surface area contributed by atoms with Crippen molar-refractivity contribution in [3.05, 3.63) is 51.5 Å². The number of hydrogen-bond donors (Lipinski definition) is 1. The van der Waals surface area contributed by atoms with Crippen LogP contribution in [0.4, 0.5) is 0 Å². The van der Waals surface area contributed by atoms with Crippen molar-refractivity contribution in [1.82, 2.24) is 0 Å². The monoisotopic (exact) mass is 290 g/mol. The van der Waals surface area contributed by atoms with Gasteiger partial charge in [0.1, 0.15) is 28.6 Å². The molecule has 0 bridgehead atoms. The molecule has 0 aliphatic carbocycles. The average Bonchev–Trinajstić information content (AvgIpc) is 2.75. The van der Waals surface area contributed by atoms with E-state index in [0.29, 0.717) is 5.76 Å². The molecule has 0 aliphatic heterocycles. The van der Waals surface area contributed by atoms with Gasteiger partial charge in [-0.1, -0.05) is 20.8 Å². The topological polar surface area (TPSA) is 80.6 Å². The highest BCUT2D eigenvalue weighted by Crippen LogP contribution is 2.25. The minimum Gasteiger partial charge on any atom is -0.507 e. The highest BCUT2D eigenvalue weighted by atomic mass is 16.4. The summed E-state index contributed by atoms with van der Waals surface area (Å²) in [6.07, 6.45) is -0.0997. The first-order valence-electron chi connectivity index (χ1n) is 6.64. The summed E-state index contributed by atoms with van der Waals surface area (Å²) in [5.41, 5.74) is -1.33. The van der Waals surface area contributed by atoms with Crippen LogP contribution in [0.3, 0.4) is 0 Å². The lowest BCUT2D eigenvalue weighted by molar-refractivity contribution is 0.0979. The minimum atomic E-state index is -0.833. The Morgan fingerprint density at radius 2 is 1.90 bits per heavy atom. The van der Waals surface area contributed by atoms with Gasteiger partial charge in [-0.25, -0.2) is 4.79 Å². The molecule has 21 heavy (non-hydrogen) atoms. The zero-order valence-electron chi connectivity index (χ0n) is 12.5. The molecule has 0 aliphatic rings. The molecule has 1 N–H and O–H groups in total. The van der Waals surface area contributed by atoms with E-state index in [0.717, 1.165) is 5.76 Å². The predicted octanol–water partition coefficient (Wildman–Crippen LogP) is 2.97. The molecule has 0 amide bonds. The number of carbonyl (C=O) groups excluding carboxylic acids is 1. The Bertz CT molecular complexity index is 728. The molecule has 0 saturated heterocycles. The zero-order valence-corrected chi connectivity index (χ0v) is 12.5. The fourth-order valence-electron chi connectivity index (χ4n) is 1.98. The Hall–Kier alpha value is -2.30. The summed E-state index contributed by atoms with van der Waals surface area (Å²) in [4.78, 5) is 23.8. The van der Waals surface area contributed by atoms with Crippen LogP contribution in [-0.4, -0.2) is 10.9 Å². The first-order chi connectivity index (χ1) is 9.68. The van der Waals surface area contributed by atoms with Crippen LogP contribution in [0.15, 0.2) is 31.8 Å². The molecule has 2 rings (SSSR count). The molecule has 0 atom stereocenters. The van der Waals surface area contributed by atoms with E-state index in [9.17, 15) is 14.7 Å². The van der Waals surface area contributed by atoms with E-state index in [1.807, 2.05) is 20.8 Å². The first kappa shape index (κ1) is 15.1. The SMILES string of the molecule is Cc1cc(O)c(C(=O)Cc2ccc(C(C)(C)C)o2)c(=O)o1. The van der Waals surface area contributed by atoms with Crippen molar-refractivity contribution in [1.29, 1.82) is 0 Å². The molecule has 2 aromatic rings. The molecule has 5 heteroatoms. The fourth-order valence-corrected chi connectivity index (χ4v) is 1.98. The van der Waals surface area contributed by atoms with Crippen molar-refractivity contribution in [2.45, 2.75) is 39.5 Å². The van der Waals surface area contributed by atoms with Gasteiger partial charge in [-0.2, -0.15) is 0 Å². The number of aryl methyl sites for hydroxylation is 1. The van der Waals surface area contributed by atoms with Gasteiger partial charge >= 0.3 is 5.63 Å². The van der Waals surface area contributed by atoms with Gasteiger partial charge in [0.05, 0.1) is 6.42 Å². The Balaban J connectivity index is 2.27. The molecule has 0 saturated carbocycles. The summed E-state index contributed by atoms with van der Waals surface area (Å²) in [7, 11) is 0. The normalized spacial score (nSPS) is 11.6. The zero-order chi connectivity index (χ0) is 15.8. The van der Waals surface area contributed by atoms with E-state index in [1.54, 1.807) is 12.1 Å². The third-order valence-corrected chi connectivity index (χ3v) is 3.07. The quantitative estimate of drug-likeness (QED) is 0.879. The number of furan rings is 1. The van der Waals surface area contributed by atoms with Crippen molar-refractivity contribution in [3.63, 3.8) is 0 Å². The largest absolute Gasteiger partial charge is 0.507 e. The van der Waals surface area contributed by atoms with Crippen LogP contribution < -0.4 is 5.63 Å². The standard InChI is InChI=1S/C16H18O5/c1-9-7-11(17)14(15(19)20-9)12(18)8-10-5-6-13(21-10)16(2,3)4/h5-7,17H,8H2,1-4H3. The lowest BCUT2D eigenvalue weighted by atomic mass is 9.94. The molecule has 0 radical (unpaired) electrons. The van der Waals surface area contributed by atoms with E-state index in [1.165, 1.54) is 13.0 Å². The van der Waals surface area contributed by atoms with Crippen molar-refractivity contribution in [3.8, 4) is 5.75 Å². The van der Waals surface area contributed by atoms with Crippen molar-refractivity contribution < 1.29 is 18.7 Å². The van der Waals surface area contributed by atoms with Gasteiger partial charge in [0.15, 0.2) is 5.78 Å². The van der Waals surface area contributed by atoms with Crippen LogP contribution in [0.25, 0.3) is 0 Å². The number of carbonyl (C=O) groups is 1. The molecule has 2 aromatic heterocycles. The lowest BCUT2D eigenvalue weighted by Crippen LogP contribution is -2.16. The maximum atomic E-state index is 12.1. The third-order valence-electron chi connectivity index (χ3n) is 3.07. The maximum Gasteiger partial charge on any atom is 0.350 e. The van der Waals surface area contributed by atoms with Crippen LogP contribution in [-0.2, 0) is 11.8 Å². The Kier molecular flexibility index (Phi) is 3.77. The molecule has 0 fully saturated rings. The van der Waals surface area contributed by atoms with Crippen LogP contribution in [0.1, 0.15) is 48.4 Å². The van der Waals surface area contributed by atoms with E-state index in [-0.39, 0.29) is 28.9 Å². The molecule has 0 spiro atoms. The van der Waals surface area contributed by atoms with Gasteiger partial charge in [-0.15, -0.1) is 0 Å². The van der Waals surface area contributed by atoms with Crippen molar-refractivity contribution in [2.75, 3.05) is 0 Å². The Labute approximate surface area is 122 Å². The highest BCUT2D eigenvalue weighted by molar-refractivity contribution is 5.99. The summed E-state index contributed by atoms with van der Waals surface area (Å²) in [5, 5.41) is 9.74. The van der Waals surface area contributed by atoms with Gasteiger partial charge in [-0.05, 0) is 19.1 Å². The molecule has 2 heterocycles. The van der Waals surface area contributed by atoms with E-state index >= 15 is 0 Å². The minimum absolute atomic E-state index is 0.0997. The number of Topliss-reactive ketones (excluding diaryl/α,β-unsaturated/α-hetero) is 1. The fraction of sp³-hybridized carbons (Fsp3) is 0.375. The molecule has 0 aromatic carbocycles. The number of hydrogen-bond acceptors (Lipinski definition) is 5. The molecule has 0 unspecified atom stereocenters. The molecule has 112 valence electrons. The predicted molar refractivity (Wildman–Crippen MR) is 76.8 cm³/mol. The van der Waals surface area contributed by atoms with Crippen molar-refractivity contribution >= 4 is 5.78 Å². The third kappa shape index (κ3) is 3.24. The van der Waals surface area contributed by atoms with Gasteiger partial charge in [-0.3, -0.25) is 4.79 Å². The summed E-state index contributed by atoms with van der Waals surface area (Å²) in [6, 6.07) is 4.75. The highest BCUT2D eigenvalue weighted by Gasteiger charge is 2.22. The van der Waals surface area contributed by atoms with Gasteiger partial charge < -0.3 is 13.9 Å². The van der Waals surface area contributed by atoms with E-state index in [2.05, 4.69) is 0 Å². The summed E-state index contributed by atoms with van der Waals surface area (Å²) >= 11 is 0. The molecular weight excluding hydrogens is 272 g/mol. The van der Waals surface area contributed by atoms with E-state index < -0.39 is 11.4 Å². The lowest BCUT2D eigenvalue weighted by Gasteiger charge is -2.14. The second kappa shape index (κ2) is 5.24. The van der Waals surface area contributed by atoms with Crippen LogP contribution >= 0.6 is 0 Å². The number of ketones is 1. The van der Waals surface area contributed by atoms with E-state index in [4.69, 9.17) is 8.83 Å². The summed E-state index contributed by atoms with van der Waals surface area (Å²) in [6.45, 7) is 7.52. The molecular formula is C16H18O5. The Morgan fingerprint density at radius 3 is 2.43 bits per heavy atom. The number of aromatic hydroxyl groups is 1. The summed E-state index contributed by atoms with van der Waals surface area (Å²) < 4.78 is 10.4. The number of rotatable bonds is 3. The average molecular weight is 290 g/mol. The second-order valence-electron chi connectivity index (χ2n) is 6.02. The van der Waals surface area contributed by atoms with Gasteiger partial charge in [0.2, 0.25) is 0 Å². The van der Waals surface area contributed by atoms with Crippen LogP contribution in [0.5, 0.6) is 5.75 Å².